The smallest absolute Gasteiger partial charge is 0.253 e. The Labute approximate surface area is 122 Å². The zero-order valence-corrected chi connectivity index (χ0v) is 12.5. The molecule has 0 radical (unpaired) electrons. The number of hydrogen-bond donors (Lipinski definition) is 0. The summed E-state index contributed by atoms with van der Waals surface area (Å²) in [7, 11) is 0. The van der Waals surface area contributed by atoms with Crippen LogP contribution in [-0.4, -0.2) is 23.9 Å². The fraction of sp³-hybridized carbons (Fsp3) is 0.611. The van der Waals surface area contributed by atoms with Gasteiger partial charge in [0.15, 0.2) is 0 Å². The largest absolute Gasteiger partial charge is 0.338 e. The van der Waals surface area contributed by atoms with Crippen molar-refractivity contribution in [1.82, 2.24) is 4.90 Å². The van der Waals surface area contributed by atoms with Gasteiger partial charge in [0.25, 0.3) is 5.91 Å². The summed E-state index contributed by atoms with van der Waals surface area (Å²) >= 11 is 0. The van der Waals surface area contributed by atoms with Gasteiger partial charge < -0.3 is 4.90 Å². The third-order valence-corrected chi connectivity index (χ3v) is 4.95. The van der Waals surface area contributed by atoms with Gasteiger partial charge >= 0.3 is 0 Å². The van der Waals surface area contributed by atoms with Crippen molar-refractivity contribution in [3.63, 3.8) is 0 Å². The first-order valence-electron chi connectivity index (χ1n) is 8.13. The van der Waals surface area contributed by atoms with E-state index < -0.39 is 0 Å². The van der Waals surface area contributed by atoms with Crippen molar-refractivity contribution in [3.05, 3.63) is 35.4 Å². The minimum Gasteiger partial charge on any atom is -0.338 e. The summed E-state index contributed by atoms with van der Waals surface area (Å²) in [5.41, 5.74) is 2.29. The maximum atomic E-state index is 12.4. The van der Waals surface area contributed by atoms with Gasteiger partial charge in [0.2, 0.25) is 0 Å². The monoisotopic (exact) mass is 271 g/mol. The molecule has 0 spiro atoms. The van der Waals surface area contributed by atoms with Crippen LogP contribution in [-0.2, 0) is 0 Å². The summed E-state index contributed by atoms with van der Waals surface area (Å²) in [5.74, 6) is 1.59. The van der Waals surface area contributed by atoms with Gasteiger partial charge in [-0.1, -0.05) is 38.3 Å². The Hall–Kier alpha value is -1.31. The van der Waals surface area contributed by atoms with E-state index in [9.17, 15) is 4.79 Å². The minimum absolute atomic E-state index is 0.213. The highest BCUT2D eigenvalue weighted by atomic mass is 16.2. The van der Waals surface area contributed by atoms with E-state index in [0.29, 0.717) is 5.92 Å². The molecule has 20 heavy (non-hydrogen) atoms. The van der Waals surface area contributed by atoms with Gasteiger partial charge in [-0.2, -0.15) is 0 Å². The fourth-order valence-corrected chi connectivity index (χ4v) is 3.64. The van der Waals surface area contributed by atoms with Gasteiger partial charge in [-0.15, -0.1) is 0 Å². The first-order chi connectivity index (χ1) is 9.74. The van der Waals surface area contributed by atoms with E-state index in [1.54, 1.807) is 0 Å². The second-order valence-corrected chi connectivity index (χ2v) is 6.60. The molecule has 2 fully saturated rings. The summed E-state index contributed by atoms with van der Waals surface area (Å²) in [5, 5.41) is 0. The Kier molecular flexibility index (Phi) is 4.09. The molecule has 2 heteroatoms. The van der Waals surface area contributed by atoms with Gasteiger partial charge in [0.1, 0.15) is 0 Å². The average Bonchev–Trinajstić information content (AvgIpc) is 2.94. The molecule has 1 saturated heterocycles. The number of carbonyl (C=O) groups excluding carboxylic acids is 1. The zero-order valence-electron chi connectivity index (χ0n) is 12.5. The van der Waals surface area contributed by atoms with Gasteiger partial charge in [-0.3, -0.25) is 4.79 Å². The Balaban J connectivity index is 1.67. The van der Waals surface area contributed by atoms with E-state index in [0.717, 1.165) is 31.0 Å². The molecule has 1 unspecified atom stereocenters. The van der Waals surface area contributed by atoms with Crippen molar-refractivity contribution in [3.8, 4) is 0 Å². The summed E-state index contributed by atoms with van der Waals surface area (Å²) in [6.07, 6.45) is 7.88. The predicted molar refractivity (Wildman–Crippen MR) is 82.0 cm³/mol. The quantitative estimate of drug-likeness (QED) is 0.788. The number of hydrogen-bond acceptors (Lipinski definition) is 1. The molecule has 1 saturated carbocycles. The minimum atomic E-state index is 0.213. The van der Waals surface area contributed by atoms with Crippen LogP contribution in [0.25, 0.3) is 0 Å². The van der Waals surface area contributed by atoms with Crippen LogP contribution in [0.4, 0.5) is 0 Å². The van der Waals surface area contributed by atoms with Crippen molar-refractivity contribution < 1.29 is 4.79 Å². The predicted octanol–water partition coefficient (Wildman–Crippen LogP) is 4.22. The molecule has 1 atom stereocenters. The van der Waals surface area contributed by atoms with Crippen LogP contribution < -0.4 is 0 Å². The molecule has 1 aliphatic heterocycles. The summed E-state index contributed by atoms with van der Waals surface area (Å²) < 4.78 is 0. The molecule has 0 aromatic heterocycles. The van der Waals surface area contributed by atoms with Crippen LogP contribution in [0, 0.1) is 5.92 Å². The highest BCUT2D eigenvalue weighted by Crippen LogP contribution is 2.32. The molecule has 2 aliphatic rings. The summed E-state index contributed by atoms with van der Waals surface area (Å²) in [4.78, 5) is 14.4. The van der Waals surface area contributed by atoms with Crippen LogP contribution in [0.5, 0.6) is 0 Å². The lowest BCUT2D eigenvalue weighted by Crippen LogP contribution is -2.28. The van der Waals surface area contributed by atoms with Crippen LogP contribution in [0.1, 0.15) is 67.3 Å². The van der Waals surface area contributed by atoms with E-state index in [1.165, 1.54) is 37.7 Å². The Morgan fingerprint density at radius 1 is 1.05 bits per heavy atom. The molecular formula is C18H25NO. The maximum absolute atomic E-state index is 12.4. The van der Waals surface area contributed by atoms with E-state index in [2.05, 4.69) is 19.1 Å². The normalized spacial score (nSPS) is 24.1. The van der Waals surface area contributed by atoms with Crippen molar-refractivity contribution in [1.29, 1.82) is 0 Å². The van der Waals surface area contributed by atoms with Gasteiger partial charge in [-0.25, -0.2) is 0 Å². The molecule has 0 bridgehead atoms. The Morgan fingerprint density at radius 3 is 2.35 bits per heavy atom. The Bertz CT molecular complexity index is 459. The first kappa shape index (κ1) is 13.7. The third-order valence-electron chi connectivity index (χ3n) is 4.95. The van der Waals surface area contributed by atoms with Crippen molar-refractivity contribution in [2.45, 2.75) is 51.4 Å². The number of benzene rings is 1. The number of amides is 1. The number of carbonyl (C=O) groups is 1. The molecule has 1 aromatic carbocycles. The molecule has 1 aromatic rings. The van der Waals surface area contributed by atoms with Crippen LogP contribution >= 0.6 is 0 Å². The van der Waals surface area contributed by atoms with E-state index >= 15 is 0 Å². The maximum Gasteiger partial charge on any atom is 0.253 e. The molecule has 1 heterocycles. The first-order valence-corrected chi connectivity index (χ1v) is 8.13. The van der Waals surface area contributed by atoms with Crippen molar-refractivity contribution in [2.75, 3.05) is 13.1 Å². The fourth-order valence-electron chi connectivity index (χ4n) is 3.64. The molecule has 1 amide bonds. The SMILES string of the molecule is CC1CCN(C(=O)c2ccc(C3CCCCC3)cc2)C1. The van der Waals surface area contributed by atoms with Gasteiger partial charge in [0.05, 0.1) is 0 Å². The standard InChI is InChI=1S/C18H25NO/c1-14-11-12-19(13-14)18(20)17-9-7-16(8-10-17)15-5-3-2-4-6-15/h7-10,14-15H,2-6,11-13H2,1H3. The molecule has 1 aliphatic carbocycles. The summed E-state index contributed by atoms with van der Waals surface area (Å²) in [6, 6.07) is 8.44. The van der Waals surface area contributed by atoms with Crippen molar-refractivity contribution in [2.24, 2.45) is 5.92 Å². The molecule has 0 N–H and O–H groups in total. The third kappa shape index (κ3) is 2.89. The van der Waals surface area contributed by atoms with E-state index in [-0.39, 0.29) is 5.91 Å². The topological polar surface area (TPSA) is 20.3 Å². The highest BCUT2D eigenvalue weighted by Gasteiger charge is 2.24. The lowest BCUT2D eigenvalue weighted by molar-refractivity contribution is 0.0788. The average molecular weight is 271 g/mol. The number of rotatable bonds is 2. The van der Waals surface area contributed by atoms with Gasteiger partial charge in [0, 0.05) is 18.7 Å². The van der Waals surface area contributed by atoms with E-state index in [4.69, 9.17) is 0 Å². The van der Waals surface area contributed by atoms with Crippen LogP contribution in [0.3, 0.4) is 0 Å². The lowest BCUT2D eigenvalue weighted by Gasteiger charge is -2.22. The van der Waals surface area contributed by atoms with Gasteiger partial charge in [-0.05, 0) is 48.8 Å². The summed E-state index contributed by atoms with van der Waals surface area (Å²) in [6.45, 7) is 4.06. The number of nitrogens with zero attached hydrogens (tertiary/aromatic N) is 1. The molecule has 3 rings (SSSR count). The second kappa shape index (κ2) is 5.99. The number of likely N-dealkylation sites (tertiary alicyclic amines) is 1. The molecule has 108 valence electrons. The highest BCUT2D eigenvalue weighted by molar-refractivity contribution is 5.94. The van der Waals surface area contributed by atoms with Crippen LogP contribution in [0.2, 0.25) is 0 Å². The second-order valence-electron chi connectivity index (χ2n) is 6.60. The van der Waals surface area contributed by atoms with E-state index in [1.807, 2.05) is 17.0 Å². The lowest BCUT2D eigenvalue weighted by atomic mass is 9.84. The van der Waals surface area contributed by atoms with Crippen molar-refractivity contribution >= 4 is 5.91 Å². The Morgan fingerprint density at radius 2 is 1.75 bits per heavy atom. The molecule has 2 nitrogen and oxygen atoms in total. The zero-order chi connectivity index (χ0) is 13.9. The molecular weight excluding hydrogens is 246 g/mol. The van der Waals surface area contributed by atoms with Crippen LogP contribution in [0.15, 0.2) is 24.3 Å².